The topological polar surface area (TPSA) is 6.48 Å². The van der Waals surface area contributed by atoms with Crippen molar-refractivity contribution in [1.82, 2.24) is 9.80 Å². The molecule has 0 aliphatic carbocycles. The molecule has 0 fully saturated rings. The van der Waals surface area contributed by atoms with Gasteiger partial charge in [0.1, 0.15) is 0 Å². The van der Waals surface area contributed by atoms with E-state index in [4.69, 9.17) is 0 Å². The van der Waals surface area contributed by atoms with E-state index in [1.54, 1.807) is 0 Å². The van der Waals surface area contributed by atoms with E-state index in [9.17, 15) is 0 Å². The first-order valence-corrected chi connectivity index (χ1v) is 4.31. The van der Waals surface area contributed by atoms with Gasteiger partial charge in [-0.05, 0) is 27.7 Å². The number of rotatable bonds is 2. The summed E-state index contributed by atoms with van der Waals surface area (Å²) in [6, 6.07) is 1.24. The molecule has 0 aromatic heterocycles. The monoisotopic (exact) mass is 154 g/mol. The van der Waals surface area contributed by atoms with Crippen LogP contribution in [0.15, 0.2) is 12.4 Å². The summed E-state index contributed by atoms with van der Waals surface area (Å²) < 4.78 is 0. The van der Waals surface area contributed by atoms with Gasteiger partial charge in [-0.1, -0.05) is 0 Å². The molecule has 11 heavy (non-hydrogen) atoms. The molecule has 0 unspecified atom stereocenters. The first-order chi connectivity index (χ1) is 5.11. The Balaban J connectivity index is 2.43. The summed E-state index contributed by atoms with van der Waals surface area (Å²) in [6.07, 6.45) is 4.34. The van der Waals surface area contributed by atoms with Gasteiger partial charge in [-0.25, -0.2) is 0 Å². The molecule has 2 nitrogen and oxygen atoms in total. The Morgan fingerprint density at radius 2 is 1.27 bits per heavy atom. The Morgan fingerprint density at radius 3 is 1.45 bits per heavy atom. The third-order valence-electron chi connectivity index (χ3n) is 2.10. The van der Waals surface area contributed by atoms with E-state index in [2.05, 4.69) is 49.9 Å². The van der Waals surface area contributed by atoms with Crippen molar-refractivity contribution in [3.8, 4) is 0 Å². The maximum atomic E-state index is 2.33. The molecular formula is C9H18N2. The summed E-state index contributed by atoms with van der Waals surface area (Å²) in [6.45, 7) is 9.92. The SMILES string of the molecule is CC(C)N1C=CN(C(C)C)C1. The van der Waals surface area contributed by atoms with E-state index < -0.39 is 0 Å². The summed E-state index contributed by atoms with van der Waals surface area (Å²) in [7, 11) is 0. The fraction of sp³-hybridized carbons (Fsp3) is 0.778. The third kappa shape index (κ3) is 1.88. The largest absolute Gasteiger partial charge is 0.356 e. The van der Waals surface area contributed by atoms with Gasteiger partial charge in [-0.15, -0.1) is 0 Å². The van der Waals surface area contributed by atoms with Crippen LogP contribution in [0.25, 0.3) is 0 Å². The second-order valence-electron chi connectivity index (χ2n) is 3.66. The molecule has 1 heterocycles. The van der Waals surface area contributed by atoms with Crippen molar-refractivity contribution < 1.29 is 0 Å². The summed E-state index contributed by atoms with van der Waals surface area (Å²) >= 11 is 0. The highest BCUT2D eigenvalue weighted by atomic mass is 15.4. The van der Waals surface area contributed by atoms with Gasteiger partial charge in [-0.2, -0.15) is 0 Å². The first-order valence-electron chi connectivity index (χ1n) is 4.31. The van der Waals surface area contributed by atoms with Gasteiger partial charge in [0.25, 0.3) is 0 Å². The van der Waals surface area contributed by atoms with Crippen molar-refractivity contribution >= 4 is 0 Å². The van der Waals surface area contributed by atoms with Crippen molar-refractivity contribution in [3.05, 3.63) is 12.4 Å². The molecule has 0 aromatic rings. The summed E-state index contributed by atoms with van der Waals surface area (Å²) in [5, 5.41) is 0. The lowest BCUT2D eigenvalue weighted by Crippen LogP contribution is -2.33. The fourth-order valence-electron chi connectivity index (χ4n) is 1.12. The van der Waals surface area contributed by atoms with Crippen LogP contribution in [0.4, 0.5) is 0 Å². The van der Waals surface area contributed by atoms with Gasteiger partial charge in [0.05, 0.1) is 6.67 Å². The molecule has 0 N–H and O–H groups in total. The summed E-state index contributed by atoms with van der Waals surface area (Å²) in [5.41, 5.74) is 0. The zero-order chi connectivity index (χ0) is 8.43. The number of nitrogens with zero attached hydrogens (tertiary/aromatic N) is 2. The van der Waals surface area contributed by atoms with Crippen LogP contribution in [0.1, 0.15) is 27.7 Å². The van der Waals surface area contributed by atoms with E-state index >= 15 is 0 Å². The molecule has 2 heteroatoms. The Labute approximate surface area is 69.5 Å². The minimum atomic E-state index is 0.620. The lowest BCUT2D eigenvalue weighted by Gasteiger charge is -2.26. The van der Waals surface area contributed by atoms with Crippen molar-refractivity contribution in [1.29, 1.82) is 0 Å². The molecule has 64 valence electrons. The minimum absolute atomic E-state index is 0.620. The molecule has 0 bridgehead atoms. The van der Waals surface area contributed by atoms with Gasteiger partial charge < -0.3 is 9.80 Å². The summed E-state index contributed by atoms with van der Waals surface area (Å²) in [4.78, 5) is 4.67. The predicted molar refractivity (Wildman–Crippen MR) is 48.0 cm³/mol. The second kappa shape index (κ2) is 3.16. The van der Waals surface area contributed by atoms with Gasteiger partial charge in [0.2, 0.25) is 0 Å². The standard InChI is InChI=1S/C9H18N2/c1-8(2)10-5-6-11(7-10)9(3)4/h5-6,8-9H,7H2,1-4H3. The first kappa shape index (κ1) is 8.44. The van der Waals surface area contributed by atoms with Crippen LogP contribution in [-0.4, -0.2) is 28.6 Å². The number of hydrogen-bond donors (Lipinski definition) is 0. The van der Waals surface area contributed by atoms with Crippen molar-refractivity contribution in [3.63, 3.8) is 0 Å². The molecule has 0 radical (unpaired) electrons. The Morgan fingerprint density at radius 1 is 0.909 bits per heavy atom. The average molecular weight is 154 g/mol. The molecule has 1 aliphatic heterocycles. The highest BCUT2D eigenvalue weighted by molar-refractivity contribution is 4.93. The smallest absolute Gasteiger partial charge is 0.0898 e. The fourth-order valence-corrected chi connectivity index (χ4v) is 1.12. The quantitative estimate of drug-likeness (QED) is 0.599. The van der Waals surface area contributed by atoms with Crippen LogP contribution >= 0.6 is 0 Å². The van der Waals surface area contributed by atoms with Gasteiger partial charge in [-0.3, -0.25) is 0 Å². The maximum absolute atomic E-state index is 2.33. The molecule has 1 aliphatic rings. The highest BCUT2D eigenvalue weighted by Crippen LogP contribution is 2.12. The van der Waals surface area contributed by atoms with E-state index in [1.165, 1.54) is 0 Å². The third-order valence-corrected chi connectivity index (χ3v) is 2.10. The van der Waals surface area contributed by atoms with E-state index in [1.807, 2.05) is 0 Å². The molecule has 1 rings (SSSR count). The zero-order valence-corrected chi connectivity index (χ0v) is 7.91. The minimum Gasteiger partial charge on any atom is -0.356 e. The molecule has 0 amide bonds. The van der Waals surface area contributed by atoms with Crippen LogP contribution < -0.4 is 0 Å². The van der Waals surface area contributed by atoms with Gasteiger partial charge in [0.15, 0.2) is 0 Å². The van der Waals surface area contributed by atoms with Crippen molar-refractivity contribution in [2.24, 2.45) is 0 Å². The highest BCUT2D eigenvalue weighted by Gasteiger charge is 2.15. The van der Waals surface area contributed by atoms with E-state index in [-0.39, 0.29) is 0 Å². The Bertz CT molecular complexity index is 134. The van der Waals surface area contributed by atoms with Crippen molar-refractivity contribution in [2.45, 2.75) is 39.8 Å². The average Bonchev–Trinajstić information content (AvgIpc) is 2.33. The molecule has 0 saturated heterocycles. The van der Waals surface area contributed by atoms with Crippen molar-refractivity contribution in [2.75, 3.05) is 6.67 Å². The molecular weight excluding hydrogens is 136 g/mol. The molecule has 0 aromatic carbocycles. The van der Waals surface area contributed by atoms with Gasteiger partial charge >= 0.3 is 0 Å². The zero-order valence-electron chi connectivity index (χ0n) is 7.91. The van der Waals surface area contributed by atoms with Crippen LogP contribution in [0, 0.1) is 0 Å². The lowest BCUT2D eigenvalue weighted by atomic mass is 10.3. The lowest BCUT2D eigenvalue weighted by molar-refractivity contribution is 0.204. The summed E-state index contributed by atoms with van der Waals surface area (Å²) in [5.74, 6) is 0. The van der Waals surface area contributed by atoms with Crippen LogP contribution in [0.5, 0.6) is 0 Å². The second-order valence-corrected chi connectivity index (χ2v) is 3.66. The van der Waals surface area contributed by atoms with Crippen LogP contribution in [0.2, 0.25) is 0 Å². The molecule has 0 saturated carbocycles. The Kier molecular flexibility index (Phi) is 2.42. The maximum Gasteiger partial charge on any atom is 0.0898 e. The van der Waals surface area contributed by atoms with Crippen LogP contribution in [0.3, 0.4) is 0 Å². The van der Waals surface area contributed by atoms with E-state index in [0.29, 0.717) is 12.1 Å². The van der Waals surface area contributed by atoms with Crippen LogP contribution in [-0.2, 0) is 0 Å². The normalized spacial score (nSPS) is 17.6. The molecule has 0 atom stereocenters. The Hall–Kier alpha value is -0.660. The number of hydrogen-bond acceptors (Lipinski definition) is 2. The van der Waals surface area contributed by atoms with E-state index in [0.717, 1.165) is 6.67 Å². The predicted octanol–water partition coefficient (Wildman–Crippen LogP) is 1.85. The van der Waals surface area contributed by atoms with Gasteiger partial charge in [0, 0.05) is 24.5 Å². The molecule has 0 spiro atoms.